The van der Waals surface area contributed by atoms with Crippen molar-refractivity contribution in [2.24, 2.45) is 5.92 Å². The number of hydrogen-bond acceptors (Lipinski definition) is 3. The van der Waals surface area contributed by atoms with Gasteiger partial charge in [0.2, 0.25) is 0 Å². The van der Waals surface area contributed by atoms with Gasteiger partial charge in [-0.3, -0.25) is 0 Å². The maximum Gasteiger partial charge on any atom is 0.387 e. The first-order valence-corrected chi connectivity index (χ1v) is 7.37. The lowest BCUT2D eigenvalue weighted by molar-refractivity contribution is -0.0506. The number of alkyl halides is 2. The molecule has 0 bridgehead atoms. The maximum absolute atomic E-state index is 13.7. The van der Waals surface area contributed by atoms with Gasteiger partial charge in [0, 0.05) is 12.1 Å². The van der Waals surface area contributed by atoms with Crippen LogP contribution in [0.3, 0.4) is 0 Å². The number of rotatable bonds is 6. The molecule has 1 aromatic carbocycles. The minimum absolute atomic E-state index is 0.140. The summed E-state index contributed by atoms with van der Waals surface area (Å²) < 4.78 is 42.5. The Morgan fingerprint density at radius 1 is 1.35 bits per heavy atom. The summed E-state index contributed by atoms with van der Waals surface area (Å²) in [7, 11) is 0. The van der Waals surface area contributed by atoms with Gasteiger partial charge in [-0.05, 0) is 37.3 Å². The van der Waals surface area contributed by atoms with E-state index in [1.54, 1.807) is 0 Å². The molecule has 0 unspecified atom stereocenters. The molecule has 1 aliphatic rings. The van der Waals surface area contributed by atoms with E-state index in [9.17, 15) is 23.1 Å². The van der Waals surface area contributed by atoms with Crippen LogP contribution in [0.4, 0.5) is 18.0 Å². The van der Waals surface area contributed by atoms with Gasteiger partial charge in [-0.1, -0.05) is 6.07 Å². The lowest BCUT2D eigenvalue weighted by Crippen LogP contribution is -2.37. The third-order valence-electron chi connectivity index (χ3n) is 3.78. The molecule has 0 radical (unpaired) electrons. The Balaban J connectivity index is 1.84. The lowest BCUT2D eigenvalue weighted by Gasteiger charge is -2.14. The van der Waals surface area contributed by atoms with Crippen LogP contribution in [0.5, 0.6) is 5.75 Å². The number of aliphatic hydroxyl groups is 1. The average molecular weight is 332 g/mol. The van der Waals surface area contributed by atoms with Crippen LogP contribution in [0.1, 0.15) is 24.8 Å². The van der Waals surface area contributed by atoms with Crippen LogP contribution >= 0.6 is 0 Å². The number of amides is 2. The van der Waals surface area contributed by atoms with Gasteiger partial charge in [0.25, 0.3) is 0 Å². The fourth-order valence-electron chi connectivity index (χ4n) is 2.62. The van der Waals surface area contributed by atoms with E-state index in [1.165, 1.54) is 12.1 Å². The van der Waals surface area contributed by atoms with Crippen molar-refractivity contribution in [1.82, 2.24) is 10.6 Å². The quantitative estimate of drug-likeness (QED) is 0.749. The largest absolute Gasteiger partial charge is 0.434 e. The number of aliphatic hydroxyl groups excluding tert-OH is 1. The van der Waals surface area contributed by atoms with Gasteiger partial charge in [-0.25, -0.2) is 9.18 Å². The molecule has 1 fully saturated rings. The normalized spacial score (nSPS) is 20.6. The van der Waals surface area contributed by atoms with Gasteiger partial charge in [-0.15, -0.1) is 0 Å². The number of carbonyl (C=O) groups is 1. The van der Waals surface area contributed by atoms with Crippen LogP contribution in [-0.2, 0) is 6.54 Å². The van der Waals surface area contributed by atoms with E-state index in [0.29, 0.717) is 13.0 Å². The molecule has 2 amide bonds. The fraction of sp³-hybridized carbons (Fsp3) is 0.533. The van der Waals surface area contributed by atoms with E-state index in [-0.39, 0.29) is 29.9 Å². The van der Waals surface area contributed by atoms with E-state index in [1.807, 2.05) is 0 Å². The molecule has 1 aliphatic carbocycles. The summed E-state index contributed by atoms with van der Waals surface area (Å²) >= 11 is 0. The zero-order valence-electron chi connectivity index (χ0n) is 12.4. The van der Waals surface area contributed by atoms with Gasteiger partial charge in [0.15, 0.2) is 0 Å². The van der Waals surface area contributed by atoms with E-state index in [4.69, 9.17) is 0 Å². The monoisotopic (exact) mass is 332 g/mol. The molecule has 1 aromatic rings. The van der Waals surface area contributed by atoms with Crippen molar-refractivity contribution in [2.75, 3.05) is 6.54 Å². The predicted octanol–water partition coefficient (Wildman–Crippen LogP) is 2.39. The summed E-state index contributed by atoms with van der Waals surface area (Å²) in [5, 5.41) is 14.4. The third-order valence-corrected chi connectivity index (χ3v) is 3.78. The molecule has 3 N–H and O–H groups in total. The first-order valence-electron chi connectivity index (χ1n) is 7.37. The summed E-state index contributed by atoms with van der Waals surface area (Å²) in [6.07, 6.45) is 1.87. The molecule has 0 spiro atoms. The molecule has 0 aromatic heterocycles. The second kappa shape index (κ2) is 8.05. The highest BCUT2D eigenvalue weighted by Crippen LogP contribution is 2.25. The molecule has 0 saturated heterocycles. The lowest BCUT2D eigenvalue weighted by atomic mass is 10.1. The number of halogens is 3. The summed E-state index contributed by atoms with van der Waals surface area (Å²) in [6, 6.07) is 3.04. The van der Waals surface area contributed by atoms with Crippen molar-refractivity contribution in [1.29, 1.82) is 0 Å². The van der Waals surface area contributed by atoms with Gasteiger partial charge >= 0.3 is 12.6 Å². The molecular formula is C15H19F3N2O3. The van der Waals surface area contributed by atoms with Crippen molar-refractivity contribution < 1.29 is 27.8 Å². The highest BCUT2D eigenvalue weighted by Gasteiger charge is 2.23. The second-order valence-electron chi connectivity index (χ2n) is 5.49. The molecular weight excluding hydrogens is 313 g/mol. The predicted molar refractivity (Wildman–Crippen MR) is 76.6 cm³/mol. The number of carbonyl (C=O) groups excluding carboxylic acids is 1. The molecule has 0 heterocycles. The fourth-order valence-corrected chi connectivity index (χ4v) is 2.62. The van der Waals surface area contributed by atoms with Crippen LogP contribution in [0.15, 0.2) is 18.2 Å². The molecule has 1 saturated carbocycles. The van der Waals surface area contributed by atoms with Crippen molar-refractivity contribution in [3.63, 3.8) is 0 Å². The number of nitrogens with one attached hydrogen (secondary N) is 2. The zero-order chi connectivity index (χ0) is 16.8. The number of benzene rings is 1. The number of urea groups is 1. The van der Waals surface area contributed by atoms with Crippen molar-refractivity contribution in [2.45, 2.75) is 38.5 Å². The molecule has 0 aliphatic heterocycles. The van der Waals surface area contributed by atoms with E-state index in [0.717, 1.165) is 18.9 Å². The van der Waals surface area contributed by atoms with E-state index in [2.05, 4.69) is 15.4 Å². The Morgan fingerprint density at radius 3 is 2.78 bits per heavy atom. The molecule has 2 atom stereocenters. The minimum atomic E-state index is -3.07. The molecule has 23 heavy (non-hydrogen) atoms. The van der Waals surface area contributed by atoms with Crippen LogP contribution in [0.2, 0.25) is 0 Å². The molecule has 128 valence electrons. The van der Waals surface area contributed by atoms with Crippen molar-refractivity contribution >= 4 is 6.03 Å². The first kappa shape index (κ1) is 17.4. The highest BCUT2D eigenvalue weighted by atomic mass is 19.3. The minimum Gasteiger partial charge on any atom is -0.434 e. The second-order valence-corrected chi connectivity index (χ2v) is 5.49. The van der Waals surface area contributed by atoms with Crippen LogP contribution in [0.25, 0.3) is 0 Å². The number of ether oxygens (including phenoxy) is 1. The Hall–Kier alpha value is -1.96. The smallest absolute Gasteiger partial charge is 0.387 e. The van der Waals surface area contributed by atoms with Crippen LogP contribution < -0.4 is 15.4 Å². The van der Waals surface area contributed by atoms with Crippen LogP contribution in [-0.4, -0.2) is 30.4 Å². The number of hydrogen-bond donors (Lipinski definition) is 3. The third kappa shape index (κ3) is 5.31. The molecule has 5 nitrogen and oxygen atoms in total. The summed E-state index contributed by atoms with van der Waals surface area (Å²) in [5.74, 6) is -0.830. The molecule has 8 heteroatoms. The Labute approximate surface area is 131 Å². The maximum atomic E-state index is 13.7. The van der Waals surface area contributed by atoms with Crippen molar-refractivity contribution in [3.05, 3.63) is 29.6 Å². The standard InChI is InChI=1S/C15H19F3N2O3/c16-12-2-1-3-13(23-14(17)18)11(12)8-20-15(22)19-7-9-4-5-10(21)6-9/h1-3,9-10,14,21H,4-8H2,(H2,19,20,22)/t9-,10-/m1/s1. The SMILES string of the molecule is O=C(NCc1c(F)cccc1OC(F)F)NC[C@@H]1CC[C@@H](O)C1. The Kier molecular flexibility index (Phi) is 6.09. The zero-order valence-corrected chi connectivity index (χ0v) is 12.4. The average Bonchev–Trinajstić information content (AvgIpc) is 2.89. The van der Waals surface area contributed by atoms with Gasteiger partial charge in [0.1, 0.15) is 11.6 Å². The van der Waals surface area contributed by atoms with E-state index >= 15 is 0 Å². The topological polar surface area (TPSA) is 70.6 Å². The van der Waals surface area contributed by atoms with E-state index < -0.39 is 18.5 Å². The Morgan fingerprint density at radius 2 is 2.13 bits per heavy atom. The first-order chi connectivity index (χ1) is 11.0. The van der Waals surface area contributed by atoms with Gasteiger partial charge in [-0.2, -0.15) is 8.78 Å². The Bertz CT molecular complexity index is 543. The van der Waals surface area contributed by atoms with Gasteiger partial charge in [0.05, 0.1) is 12.6 Å². The summed E-state index contributed by atoms with van der Waals surface area (Å²) in [5.41, 5.74) is -0.140. The molecule has 2 rings (SSSR count). The van der Waals surface area contributed by atoms with Crippen molar-refractivity contribution in [3.8, 4) is 5.75 Å². The van der Waals surface area contributed by atoms with Gasteiger partial charge < -0.3 is 20.5 Å². The summed E-state index contributed by atoms with van der Waals surface area (Å²) in [4.78, 5) is 11.7. The summed E-state index contributed by atoms with van der Waals surface area (Å²) in [6.45, 7) is -2.94. The highest BCUT2D eigenvalue weighted by molar-refractivity contribution is 5.73. The van der Waals surface area contributed by atoms with Crippen LogP contribution in [0, 0.1) is 11.7 Å².